The minimum atomic E-state index is -0.605. The van der Waals surface area contributed by atoms with Gasteiger partial charge in [-0.1, -0.05) is 13.3 Å². The van der Waals surface area contributed by atoms with Crippen LogP contribution in [0.4, 0.5) is 0 Å². The van der Waals surface area contributed by atoms with E-state index in [1.54, 1.807) is 0 Å². The van der Waals surface area contributed by atoms with Gasteiger partial charge in [0.25, 0.3) is 5.95 Å². The molecule has 0 aliphatic carbocycles. The molecule has 0 amide bonds. The van der Waals surface area contributed by atoms with Crippen LogP contribution in [0.1, 0.15) is 19.8 Å². The van der Waals surface area contributed by atoms with Crippen LogP contribution in [0.3, 0.4) is 0 Å². The Labute approximate surface area is 57.0 Å². The van der Waals surface area contributed by atoms with Gasteiger partial charge in [-0.3, -0.25) is 0 Å². The fraction of sp³-hybridized carbons (Fsp3) is 0.600. The SMILES string of the molecule is CCCC(Br)=C(O)O. The normalized spacial score (nSPS) is 8.75. The molecule has 3 heteroatoms. The molecule has 0 aliphatic rings. The number of allylic oxidation sites excluding steroid dienone is 1. The van der Waals surface area contributed by atoms with Crippen LogP contribution in [0.5, 0.6) is 0 Å². The van der Waals surface area contributed by atoms with Gasteiger partial charge in [0.2, 0.25) is 0 Å². The average molecular weight is 181 g/mol. The second-order valence-corrected chi connectivity index (χ2v) is 2.44. The van der Waals surface area contributed by atoms with Gasteiger partial charge in [0.1, 0.15) is 0 Å². The Morgan fingerprint density at radius 3 is 2.12 bits per heavy atom. The highest BCUT2D eigenvalue weighted by atomic mass is 79.9. The Bertz CT molecular complexity index is 94.6. The van der Waals surface area contributed by atoms with Crippen LogP contribution in [0.2, 0.25) is 0 Å². The maximum absolute atomic E-state index is 8.34. The van der Waals surface area contributed by atoms with Crippen LogP contribution in [-0.2, 0) is 0 Å². The Morgan fingerprint density at radius 1 is 1.50 bits per heavy atom. The van der Waals surface area contributed by atoms with E-state index in [0.29, 0.717) is 10.9 Å². The van der Waals surface area contributed by atoms with Gasteiger partial charge in [0.05, 0.1) is 4.48 Å². The molecule has 0 aromatic heterocycles. The highest BCUT2D eigenvalue weighted by molar-refractivity contribution is 9.11. The Kier molecular flexibility index (Phi) is 3.69. The summed E-state index contributed by atoms with van der Waals surface area (Å²) in [5, 5.41) is 16.7. The molecule has 0 heterocycles. The van der Waals surface area contributed by atoms with Crippen molar-refractivity contribution in [2.24, 2.45) is 0 Å². The van der Waals surface area contributed by atoms with Gasteiger partial charge < -0.3 is 10.2 Å². The predicted octanol–water partition coefficient (Wildman–Crippen LogP) is 2.47. The lowest BCUT2D eigenvalue weighted by Crippen LogP contribution is -1.80. The highest BCUT2D eigenvalue weighted by Gasteiger charge is 1.95. The van der Waals surface area contributed by atoms with Crippen LogP contribution in [0.15, 0.2) is 10.4 Å². The lowest BCUT2D eigenvalue weighted by molar-refractivity contribution is 0.187. The molecule has 0 atom stereocenters. The molecule has 2 N–H and O–H groups in total. The average Bonchev–Trinajstić information content (AvgIpc) is 1.67. The molecule has 0 unspecified atom stereocenters. The first kappa shape index (κ1) is 7.82. The molecule has 2 nitrogen and oxygen atoms in total. The molecule has 0 saturated carbocycles. The van der Waals surface area contributed by atoms with Crippen LogP contribution in [-0.4, -0.2) is 10.2 Å². The number of halogens is 1. The van der Waals surface area contributed by atoms with Crippen LogP contribution in [0, 0.1) is 0 Å². The molecule has 8 heavy (non-hydrogen) atoms. The van der Waals surface area contributed by atoms with E-state index in [4.69, 9.17) is 10.2 Å². The summed E-state index contributed by atoms with van der Waals surface area (Å²) in [6.07, 6.45) is 1.59. The summed E-state index contributed by atoms with van der Waals surface area (Å²) < 4.78 is 0.472. The zero-order valence-corrected chi connectivity index (χ0v) is 6.27. The monoisotopic (exact) mass is 180 g/mol. The van der Waals surface area contributed by atoms with Crippen molar-refractivity contribution in [3.63, 3.8) is 0 Å². The van der Waals surface area contributed by atoms with Crippen molar-refractivity contribution in [3.8, 4) is 0 Å². The van der Waals surface area contributed by atoms with Crippen molar-refractivity contribution in [1.82, 2.24) is 0 Å². The minimum Gasteiger partial charge on any atom is -0.481 e. The maximum atomic E-state index is 8.34. The molecule has 0 rings (SSSR count). The second-order valence-electron chi connectivity index (χ2n) is 1.48. The van der Waals surface area contributed by atoms with E-state index in [0.717, 1.165) is 6.42 Å². The molecule has 0 spiro atoms. The molecule has 0 saturated heterocycles. The van der Waals surface area contributed by atoms with E-state index < -0.39 is 5.95 Å². The van der Waals surface area contributed by atoms with Crippen molar-refractivity contribution in [2.45, 2.75) is 19.8 Å². The standard InChI is InChI=1S/C5H9BrO2/c1-2-3-4(6)5(7)8/h7-8H,2-3H2,1H3. The van der Waals surface area contributed by atoms with Crippen LogP contribution < -0.4 is 0 Å². The Morgan fingerprint density at radius 2 is 2.00 bits per heavy atom. The zero-order valence-electron chi connectivity index (χ0n) is 4.69. The van der Waals surface area contributed by atoms with Crippen molar-refractivity contribution in [2.75, 3.05) is 0 Å². The van der Waals surface area contributed by atoms with Crippen molar-refractivity contribution < 1.29 is 10.2 Å². The Balaban J connectivity index is 3.62. The molecular formula is C5H9BrO2. The van der Waals surface area contributed by atoms with E-state index in [2.05, 4.69) is 15.9 Å². The smallest absolute Gasteiger partial charge is 0.284 e. The van der Waals surface area contributed by atoms with Crippen molar-refractivity contribution in [1.29, 1.82) is 0 Å². The molecule has 0 aliphatic heterocycles. The molecule has 0 aromatic carbocycles. The number of rotatable bonds is 2. The third kappa shape index (κ3) is 2.91. The summed E-state index contributed by atoms with van der Waals surface area (Å²) >= 11 is 2.98. The van der Waals surface area contributed by atoms with Crippen molar-refractivity contribution in [3.05, 3.63) is 10.4 Å². The second kappa shape index (κ2) is 3.78. The molecule has 0 fully saturated rings. The topological polar surface area (TPSA) is 40.5 Å². The minimum absolute atomic E-state index is 0.472. The van der Waals surface area contributed by atoms with Gasteiger partial charge in [-0.15, -0.1) is 0 Å². The van der Waals surface area contributed by atoms with E-state index in [-0.39, 0.29) is 0 Å². The van der Waals surface area contributed by atoms with Gasteiger partial charge >= 0.3 is 0 Å². The molecule has 0 radical (unpaired) electrons. The fourth-order valence-electron chi connectivity index (χ4n) is 0.331. The van der Waals surface area contributed by atoms with Crippen LogP contribution >= 0.6 is 15.9 Å². The summed E-state index contributed by atoms with van der Waals surface area (Å²) in [5.41, 5.74) is 0. The van der Waals surface area contributed by atoms with E-state index in [1.807, 2.05) is 6.92 Å². The number of hydrogen-bond acceptors (Lipinski definition) is 2. The van der Waals surface area contributed by atoms with Gasteiger partial charge in [-0.2, -0.15) is 0 Å². The quantitative estimate of drug-likeness (QED) is 0.642. The lowest BCUT2D eigenvalue weighted by Gasteiger charge is -1.92. The predicted molar refractivity (Wildman–Crippen MR) is 36.1 cm³/mol. The fourth-order valence-corrected chi connectivity index (χ4v) is 0.728. The molecule has 0 aromatic rings. The largest absolute Gasteiger partial charge is 0.481 e. The summed E-state index contributed by atoms with van der Waals surface area (Å²) in [5.74, 6) is -0.605. The van der Waals surface area contributed by atoms with Gasteiger partial charge in [-0.25, -0.2) is 0 Å². The summed E-state index contributed by atoms with van der Waals surface area (Å²) in [6, 6.07) is 0. The zero-order chi connectivity index (χ0) is 6.57. The van der Waals surface area contributed by atoms with E-state index in [1.165, 1.54) is 0 Å². The maximum Gasteiger partial charge on any atom is 0.284 e. The highest BCUT2D eigenvalue weighted by Crippen LogP contribution is 2.13. The first-order valence-electron chi connectivity index (χ1n) is 2.45. The molecular weight excluding hydrogens is 172 g/mol. The third-order valence-corrected chi connectivity index (χ3v) is 1.46. The van der Waals surface area contributed by atoms with Crippen LogP contribution in [0.25, 0.3) is 0 Å². The summed E-state index contributed by atoms with van der Waals surface area (Å²) in [7, 11) is 0. The van der Waals surface area contributed by atoms with Crippen molar-refractivity contribution >= 4 is 15.9 Å². The van der Waals surface area contributed by atoms with Gasteiger partial charge in [-0.05, 0) is 22.4 Å². The number of aliphatic hydroxyl groups excluding tert-OH is 1. The van der Waals surface area contributed by atoms with Gasteiger partial charge in [0.15, 0.2) is 0 Å². The lowest BCUT2D eigenvalue weighted by atomic mass is 10.3. The third-order valence-electron chi connectivity index (χ3n) is 0.712. The number of hydrogen-bond donors (Lipinski definition) is 2. The number of aliphatic hydroxyl groups is 2. The van der Waals surface area contributed by atoms with Gasteiger partial charge in [0, 0.05) is 0 Å². The first-order valence-corrected chi connectivity index (χ1v) is 3.24. The molecule has 0 bridgehead atoms. The summed E-state index contributed by atoms with van der Waals surface area (Å²) in [6.45, 7) is 1.96. The molecule has 48 valence electrons. The first-order chi connectivity index (χ1) is 3.68. The summed E-state index contributed by atoms with van der Waals surface area (Å²) in [4.78, 5) is 0. The Hall–Kier alpha value is -0.180. The van der Waals surface area contributed by atoms with E-state index in [9.17, 15) is 0 Å². The van der Waals surface area contributed by atoms with E-state index >= 15 is 0 Å².